The summed E-state index contributed by atoms with van der Waals surface area (Å²) in [5, 5.41) is 3.00. The second kappa shape index (κ2) is 14.7. The van der Waals surface area contributed by atoms with Gasteiger partial charge in [0.1, 0.15) is 23.2 Å². The number of rotatable bonds is 11. The lowest BCUT2D eigenvalue weighted by molar-refractivity contribution is -0.142. The summed E-state index contributed by atoms with van der Waals surface area (Å²) in [6, 6.07) is 16.2. The molecular weight excluding hydrogens is 569 g/mol. The fourth-order valence-electron chi connectivity index (χ4n) is 3.82. The van der Waals surface area contributed by atoms with Crippen molar-refractivity contribution in [2.45, 2.75) is 45.3 Å². The number of carbonyl (C=O) groups is 3. The van der Waals surface area contributed by atoms with Crippen LogP contribution in [0, 0.1) is 0 Å². The van der Waals surface area contributed by atoms with Gasteiger partial charge in [0.2, 0.25) is 0 Å². The van der Waals surface area contributed by atoms with Crippen molar-refractivity contribution < 1.29 is 28.6 Å². The zero-order chi connectivity index (χ0) is 30.0. The predicted octanol–water partition coefficient (Wildman–Crippen LogP) is 6.11. The van der Waals surface area contributed by atoms with Crippen LogP contribution in [0.5, 0.6) is 5.75 Å². The molecule has 0 saturated carbocycles. The molecular formula is C30H33Cl2N3O6. The number of nitrogens with zero attached hydrogens (tertiary/aromatic N) is 2. The number of aromatic nitrogens is 1. The second-order valence-electron chi connectivity index (χ2n) is 10.0. The van der Waals surface area contributed by atoms with E-state index in [4.69, 9.17) is 37.4 Å². The standard InChI is InChI=1S/C30H33Cl2N3O6/c1-30(2,3)41-29(38)35(25-14-5-6-15-33-25)16-9-17-40-21-11-7-10-20(18-21)19-24(28(37)39-4)34-27(36)26-22(31)12-8-13-23(26)32/h5-8,10-15,18,24H,9,16-17,19H2,1-4H3,(H,34,36)/t24-/m0/s1. The van der Waals surface area contributed by atoms with E-state index >= 15 is 0 Å². The molecule has 0 aliphatic heterocycles. The Kier molecular flexibility index (Phi) is 11.4. The fourth-order valence-corrected chi connectivity index (χ4v) is 4.39. The molecule has 0 fully saturated rings. The maximum Gasteiger partial charge on any atom is 0.416 e. The number of nitrogens with one attached hydrogen (secondary N) is 1. The Bertz CT molecular complexity index is 1330. The van der Waals surface area contributed by atoms with Crippen LogP contribution < -0.4 is 15.0 Å². The summed E-state index contributed by atoms with van der Waals surface area (Å²) >= 11 is 12.3. The number of halogens is 2. The van der Waals surface area contributed by atoms with Crippen molar-refractivity contribution in [3.63, 3.8) is 0 Å². The number of benzene rings is 2. The first-order valence-electron chi connectivity index (χ1n) is 12.9. The van der Waals surface area contributed by atoms with E-state index < -0.39 is 29.6 Å². The highest BCUT2D eigenvalue weighted by molar-refractivity contribution is 6.39. The molecule has 41 heavy (non-hydrogen) atoms. The summed E-state index contributed by atoms with van der Waals surface area (Å²) in [6.45, 7) is 6.05. The van der Waals surface area contributed by atoms with E-state index in [0.717, 1.165) is 5.56 Å². The predicted molar refractivity (Wildman–Crippen MR) is 158 cm³/mol. The summed E-state index contributed by atoms with van der Waals surface area (Å²) in [5.41, 5.74) is 0.155. The van der Waals surface area contributed by atoms with Gasteiger partial charge in [0.05, 0.1) is 29.3 Å². The Morgan fingerprint density at radius 2 is 1.71 bits per heavy atom. The molecule has 1 atom stereocenters. The number of hydrogen-bond donors (Lipinski definition) is 1. The number of esters is 1. The first-order valence-corrected chi connectivity index (χ1v) is 13.7. The Hall–Kier alpha value is -3.82. The molecule has 3 aromatic rings. The third-order valence-corrected chi connectivity index (χ3v) is 6.28. The van der Waals surface area contributed by atoms with E-state index in [9.17, 15) is 14.4 Å². The number of ether oxygens (including phenoxy) is 3. The number of anilines is 1. The molecule has 9 nitrogen and oxygen atoms in total. The van der Waals surface area contributed by atoms with Crippen molar-refractivity contribution in [1.82, 2.24) is 10.3 Å². The van der Waals surface area contributed by atoms with Crippen molar-refractivity contribution in [3.05, 3.63) is 88.0 Å². The summed E-state index contributed by atoms with van der Waals surface area (Å²) in [6.07, 6.45) is 1.76. The van der Waals surface area contributed by atoms with Gasteiger partial charge in [0.25, 0.3) is 5.91 Å². The molecule has 3 rings (SSSR count). The van der Waals surface area contributed by atoms with Crippen LogP contribution in [-0.4, -0.2) is 54.9 Å². The van der Waals surface area contributed by atoms with E-state index in [-0.39, 0.29) is 22.0 Å². The minimum absolute atomic E-state index is 0.0768. The molecule has 218 valence electrons. The van der Waals surface area contributed by atoms with Crippen LogP contribution in [-0.2, 0) is 20.7 Å². The molecule has 0 spiro atoms. The smallest absolute Gasteiger partial charge is 0.416 e. The summed E-state index contributed by atoms with van der Waals surface area (Å²) in [4.78, 5) is 43.9. The summed E-state index contributed by atoms with van der Waals surface area (Å²) in [5.74, 6) is -0.165. The first-order chi connectivity index (χ1) is 19.5. The number of amides is 2. The average molecular weight is 603 g/mol. The number of carbonyl (C=O) groups excluding carboxylic acids is 3. The van der Waals surface area contributed by atoms with Crippen molar-refractivity contribution >= 4 is 47.0 Å². The van der Waals surface area contributed by atoms with Gasteiger partial charge in [-0.05, 0) is 69.2 Å². The van der Waals surface area contributed by atoms with Crippen LogP contribution in [0.25, 0.3) is 0 Å². The van der Waals surface area contributed by atoms with Crippen LogP contribution in [0.3, 0.4) is 0 Å². The van der Waals surface area contributed by atoms with Crippen LogP contribution in [0.2, 0.25) is 10.0 Å². The van der Waals surface area contributed by atoms with E-state index in [1.54, 1.807) is 81.6 Å². The average Bonchev–Trinajstić information content (AvgIpc) is 2.92. The molecule has 2 amide bonds. The van der Waals surface area contributed by atoms with Crippen LogP contribution in [0.1, 0.15) is 43.1 Å². The molecule has 11 heteroatoms. The molecule has 0 unspecified atom stereocenters. The highest BCUT2D eigenvalue weighted by atomic mass is 35.5. The van der Waals surface area contributed by atoms with Crippen molar-refractivity contribution in [1.29, 1.82) is 0 Å². The Labute approximate surface area is 249 Å². The third-order valence-electron chi connectivity index (χ3n) is 5.65. The Balaban J connectivity index is 1.63. The molecule has 0 bridgehead atoms. The number of methoxy groups -OCH3 is 1. The van der Waals surface area contributed by atoms with Crippen molar-refractivity contribution in [3.8, 4) is 5.75 Å². The molecule has 2 aromatic carbocycles. The zero-order valence-corrected chi connectivity index (χ0v) is 24.9. The lowest BCUT2D eigenvalue weighted by Gasteiger charge is -2.26. The summed E-state index contributed by atoms with van der Waals surface area (Å²) in [7, 11) is 1.25. The molecule has 0 radical (unpaired) electrons. The van der Waals surface area contributed by atoms with Gasteiger partial charge in [-0.1, -0.05) is 47.5 Å². The van der Waals surface area contributed by atoms with E-state index in [2.05, 4.69) is 10.3 Å². The van der Waals surface area contributed by atoms with Crippen molar-refractivity contribution in [2.75, 3.05) is 25.2 Å². The second-order valence-corrected chi connectivity index (χ2v) is 10.8. The Morgan fingerprint density at radius 3 is 2.34 bits per heavy atom. The zero-order valence-electron chi connectivity index (χ0n) is 23.4. The highest BCUT2D eigenvalue weighted by Crippen LogP contribution is 2.24. The largest absolute Gasteiger partial charge is 0.494 e. The van der Waals surface area contributed by atoms with Crippen LogP contribution in [0.15, 0.2) is 66.9 Å². The van der Waals surface area contributed by atoms with Gasteiger partial charge < -0.3 is 19.5 Å². The normalized spacial score (nSPS) is 11.8. The van der Waals surface area contributed by atoms with Gasteiger partial charge >= 0.3 is 12.1 Å². The maximum absolute atomic E-state index is 12.9. The lowest BCUT2D eigenvalue weighted by atomic mass is 10.0. The minimum Gasteiger partial charge on any atom is -0.494 e. The summed E-state index contributed by atoms with van der Waals surface area (Å²) < 4.78 is 16.4. The van der Waals surface area contributed by atoms with Crippen LogP contribution in [0.4, 0.5) is 10.6 Å². The van der Waals surface area contributed by atoms with Gasteiger partial charge in [-0.2, -0.15) is 0 Å². The molecule has 1 N–H and O–H groups in total. The molecule has 0 aliphatic carbocycles. The van der Waals surface area contributed by atoms with Crippen molar-refractivity contribution in [2.24, 2.45) is 0 Å². The van der Waals surface area contributed by atoms with E-state index in [0.29, 0.717) is 31.1 Å². The minimum atomic E-state index is -0.990. The fraction of sp³-hybridized carbons (Fsp3) is 0.333. The van der Waals surface area contributed by atoms with Gasteiger partial charge in [0, 0.05) is 19.2 Å². The highest BCUT2D eigenvalue weighted by Gasteiger charge is 2.26. The Morgan fingerprint density at radius 1 is 1.00 bits per heavy atom. The van der Waals surface area contributed by atoms with Gasteiger partial charge in [-0.3, -0.25) is 9.69 Å². The number of hydrogen-bond acceptors (Lipinski definition) is 7. The first kappa shape index (κ1) is 31.7. The number of pyridine rings is 1. The topological polar surface area (TPSA) is 107 Å². The quantitative estimate of drug-likeness (QED) is 0.208. The lowest BCUT2D eigenvalue weighted by Crippen LogP contribution is -2.43. The molecule has 1 aromatic heterocycles. The maximum atomic E-state index is 12.9. The van der Waals surface area contributed by atoms with Gasteiger partial charge in [-0.25, -0.2) is 14.6 Å². The molecule has 0 aliphatic rings. The SMILES string of the molecule is COC(=O)[C@H](Cc1cccc(OCCCN(C(=O)OC(C)(C)C)c2ccccn2)c1)NC(=O)c1c(Cl)cccc1Cl. The van der Waals surface area contributed by atoms with Gasteiger partial charge in [-0.15, -0.1) is 0 Å². The molecule has 0 saturated heterocycles. The van der Waals surface area contributed by atoms with Gasteiger partial charge in [0.15, 0.2) is 0 Å². The van der Waals surface area contributed by atoms with E-state index in [1.807, 2.05) is 6.07 Å². The third kappa shape index (κ3) is 9.65. The van der Waals surface area contributed by atoms with Crippen LogP contribution >= 0.6 is 23.2 Å². The monoisotopic (exact) mass is 601 g/mol. The molecule has 1 heterocycles. The van der Waals surface area contributed by atoms with E-state index in [1.165, 1.54) is 12.0 Å².